The summed E-state index contributed by atoms with van der Waals surface area (Å²) in [6.45, 7) is 0. The molecule has 0 bridgehead atoms. The first-order chi connectivity index (χ1) is 9.92. The molecule has 2 unspecified atom stereocenters. The van der Waals surface area contributed by atoms with Crippen LogP contribution in [0.5, 0.6) is 0 Å². The summed E-state index contributed by atoms with van der Waals surface area (Å²) in [5.74, 6) is -2.49. The number of allylic oxidation sites excluding steroid dienone is 3. The molecule has 2 nitrogen and oxygen atoms in total. The van der Waals surface area contributed by atoms with Crippen LogP contribution >= 0.6 is 35.0 Å². The standard InChI is InChI=1S/C14H6Cl2F2N2S/c15-10-2-1-3-11(16)13(10)21-14(18)5-4-12(17)8(6-19)9(14)7-20/h1-5,9H. The Hall–Kier alpha value is -1.53. The van der Waals surface area contributed by atoms with Gasteiger partial charge in [0.25, 0.3) is 0 Å². The summed E-state index contributed by atoms with van der Waals surface area (Å²) < 4.78 is 28.6. The number of thioether (sulfide) groups is 1. The maximum atomic E-state index is 15.1. The van der Waals surface area contributed by atoms with Crippen LogP contribution in [0.4, 0.5) is 8.78 Å². The molecule has 0 saturated heterocycles. The smallest absolute Gasteiger partial charge is 0.200 e. The lowest BCUT2D eigenvalue weighted by Crippen LogP contribution is -2.30. The second-order valence-electron chi connectivity index (χ2n) is 4.12. The fourth-order valence-electron chi connectivity index (χ4n) is 1.81. The van der Waals surface area contributed by atoms with E-state index in [1.54, 1.807) is 12.1 Å². The van der Waals surface area contributed by atoms with Crippen LogP contribution in [0.15, 0.2) is 46.6 Å². The van der Waals surface area contributed by atoms with Crippen molar-refractivity contribution in [3.05, 3.63) is 51.8 Å². The van der Waals surface area contributed by atoms with Gasteiger partial charge in [-0.05, 0) is 24.3 Å². The summed E-state index contributed by atoms with van der Waals surface area (Å²) >= 11 is 12.5. The van der Waals surface area contributed by atoms with Crippen molar-refractivity contribution in [3.8, 4) is 12.1 Å². The van der Waals surface area contributed by atoms with Crippen molar-refractivity contribution in [3.63, 3.8) is 0 Å². The average Bonchev–Trinajstić information content (AvgIpc) is 2.45. The van der Waals surface area contributed by atoms with Crippen molar-refractivity contribution >= 4 is 35.0 Å². The number of hydrogen-bond donors (Lipinski definition) is 0. The number of alkyl halides is 1. The number of nitriles is 2. The predicted octanol–water partition coefficient (Wildman–Crippen LogP) is 5.21. The number of benzene rings is 1. The van der Waals surface area contributed by atoms with Crippen LogP contribution in [-0.4, -0.2) is 5.00 Å². The molecule has 0 N–H and O–H groups in total. The number of rotatable bonds is 2. The Bertz CT molecular complexity index is 713. The van der Waals surface area contributed by atoms with Crippen molar-refractivity contribution in [2.24, 2.45) is 5.92 Å². The Kier molecular flexibility index (Phi) is 4.58. The van der Waals surface area contributed by atoms with Gasteiger partial charge in [0.1, 0.15) is 11.7 Å². The Morgan fingerprint density at radius 3 is 2.38 bits per heavy atom. The van der Waals surface area contributed by atoms with Crippen LogP contribution in [-0.2, 0) is 0 Å². The van der Waals surface area contributed by atoms with E-state index < -0.39 is 22.3 Å². The molecule has 0 aromatic heterocycles. The number of nitrogens with zero attached hydrogens (tertiary/aromatic N) is 2. The van der Waals surface area contributed by atoms with E-state index in [-0.39, 0.29) is 14.9 Å². The molecular formula is C14H6Cl2F2N2S. The van der Waals surface area contributed by atoms with Crippen LogP contribution in [0.3, 0.4) is 0 Å². The van der Waals surface area contributed by atoms with Gasteiger partial charge in [-0.25, -0.2) is 8.78 Å². The molecule has 21 heavy (non-hydrogen) atoms. The van der Waals surface area contributed by atoms with Crippen LogP contribution < -0.4 is 0 Å². The molecule has 1 aromatic carbocycles. The second kappa shape index (κ2) is 6.07. The third kappa shape index (κ3) is 2.91. The first-order valence-corrected chi connectivity index (χ1v) is 7.20. The molecular weight excluding hydrogens is 337 g/mol. The topological polar surface area (TPSA) is 47.6 Å². The molecule has 0 radical (unpaired) electrons. The van der Waals surface area contributed by atoms with E-state index in [9.17, 15) is 4.39 Å². The fraction of sp³-hybridized carbons (Fsp3) is 0.143. The Morgan fingerprint density at radius 2 is 1.86 bits per heavy atom. The Morgan fingerprint density at radius 1 is 1.24 bits per heavy atom. The highest BCUT2D eigenvalue weighted by molar-refractivity contribution is 8.01. The van der Waals surface area contributed by atoms with Crippen molar-refractivity contribution in [2.45, 2.75) is 9.90 Å². The molecule has 0 aliphatic heterocycles. The Labute approximate surface area is 134 Å². The zero-order valence-corrected chi connectivity index (χ0v) is 12.6. The number of hydrogen-bond acceptors (Lipinski definition) is 3. The minimum absolute atomic E-state index is 0.211. The summed E-state index contributed by atoms with van der Waals surface area (Å²) in [5.41, 5.74) is -0.543. The van der Waals surface area contributed by atoms with Crippen LogP contribution in [0.2, 0.25) is 10.0 Å². The predicted molar refractivity (Wildman–Crippen MR) is 78.1 cm³/mol. The molecule has 106 valence electrons. The van der Waals surface area contributed by atoms with Gasteiger partial charge >= 0.3 is 0 Å². The van der Waals surface area contributed by atoms with Gasteiger partial charge in [-0.15, -0.1) is 0 Å². The highest BCUT2D eigenvalue weighted by Gasteiger charge is 2.45. The highest BCUT2D eigenvalue weighted by atomic mass is 35.5. The molecule has 2 atom stereocenters. The molecule has 2 rings (SSSR count). The molecule has 0 saturated carbocycles. The first kappa shape index (κ1) is 15.9. The van der Waals surface area contributed by atoms with Crippen molar-refractivity contribution in [1.82, 2.24) is 0 Å². The Balaban J connectivity index is 2.47. The third-order valence-electron chi connectivity index (χ3n) is 2.82. The average molecular weight is 343 g/mol. The normalized spacial score (nSPS) is 24.6. The van der Waals surface area contributed by atoms with Crippen LogP contribution in [0, 0.1) is 28.6 Å². The van der Waals surface area contributed by atoms with Gasteiger partial charge in [-0.3, -0.25) is 0 Å². The quantitative estimate of drug-likeness (QED) is 0.741. The molecule has 0 heterocycles. The van der Waals surface area contributed by atoms with Gasteiger partial charge < -0.3 is 0 Å². The summed E-state index contributed by atoms with van der Waals surface area (Å²) in [6.07, 6.45) is 1.74. The third-order valence-corrected chi connectivity index (χ3v) is 5.01. The minimum Gasteiger partial charge on any atom is -0.225 e. The van der Waals surface area contributed by atoms with E-state index in [0.29, 0.717) is 11.8 Å². The van der Waals surface area contributed by atoms with Crippen molar-refractivity contribution < 1.29 is 8.78 Å². The lowest BCUT2D eigenvalue weighted by molar-refractivity contribution is 0.304. The maximum absolute atomic E-state index is 15.1. The van der Waals surface area contributed by atoms with Crippen LogP contribution in [0.25, 0.3) is 0 Å². The van der Waals surface area contributed by atoms with E-state index in [1.807, 2.05) is 0 Å². The fourth-order valence-corrected chi connectivity index (χ4v) is 3.50. The van der Waals surface area contributed by atoms with Gasteiger partial charge in [0.2, 0.25) is 0 Å². The van der Waals surface area contributed by atoms with Gasteiger partial charge in [0.15, 0.2) is 5.00 Å². The molecule has 1 aromatic rings. The maximum Gasteiger partial charge on any atom is 0.200 e. The minimum atomic E-state index is -2.33. The summed E-state index contributed by atoms with van der Waals surface area (Å²) in [7, 11) is 0. The van der Waals surface area contributed by atoms with E-state index in [2.05, 4.69) is 0 Å². The largest absolute Gasteiger partial charge is 0.225 e. The van der Waals surface area contributed by atoms with Crippen molar-refractivity contribution in [1.29, 1.82) is 10.5 Å². The lowest BCUT2D eigenvalue weighted by atomic mass is 9.91. The molecule has 1 aliphatic rings. The number of halogens is 4. The molecule has 0 spiro atoms. The highest BCUT2D eigenvalue weighted by Crippen LogP contribution is 2.50. The molecule has 0 fully saturated rings. The first-order valence-electron chi connectivity index (χ1n) is 5.63. The van der Waals surface area contributed by atoms with Gasteiger partial charge in [0.05, 0.1) is 27.8 Å². The van der Waals surface area contributed by atoms with Gasteiger partial charge in [0, 0.05) is 4.90 Å². The van der Waals surface area contributed by atoms with E-state index in [0.717, 1.165) is 12.2 Å². The second-order valence-corrected chi connectivity index (χ2v) is 6.17. The molecule has 0 amide bonds. The zero-order chi connectivity index (χ0) is 15.6. The summed E-state index contributed by atoms with van der Waals surface area (Å²) in [4.78, 5) is 0.229. The SMILES string of the molecule is N#CC1=C(F)C=CC(F)(Sc2c(Cl)cccc2Cl)C1C#N. The van der Waals surface area contributed by atoms with E-state index in [1.165, 1.54) is 18.2 Å². The van der Waals surface area contributed by atoms with E-state index >= 15 is 4.39 Å². The van der Waals surface area contributed by atoms with Gasteiger partial charge in [-0.1, -0.05) is 41.0 Å². The summed E-state index contributed by atoms with van der Waals surface area (Å²) in [5, 5.41) is 16.1. The molecule has 1 aliphatic carbocycles. The summed E-state index contributed by atoms with van der Waals surface area (Å²) in [6, 6.07) is 7.81. The van der Waals surface area contributed by atoms with Crippen molar-refractivity contribution in [2.75, 3.05) is 0 Å². The van der Waals surface area contributed by atoms with Crippen LogP contribution in [0.1, 0.15) is 0 Å². The zero-order valence-electron chi connectivity index (χ0n) is 10.3. The monoisotopic (exact) mass is 342 g/mol. The van der Waals surface area contributed by atoms with Gasteiger partial charge in [-0.2, -0.15) is 10.5 Å². The molecule has 7 heteroatoms. The van der Waals surface area contributed by atoms with E-state index in [4.69, 9.17) is 33.7 Å². The lowest BCUT2D eigenvalue weighted by Gasteiger charge is -2.28.